The fourth-order valence-electron chi connectivity index (χ4n) is 2.39. The quantitative estimate of drug-likeness (QED) is 0.878. The Morgan fingerprint density at radius 2 is 2.06 bits per heavy atom. The minimum atomic E-state index is 0.118. The highest BCUT2D eigenvalue weighted by atomic mass is 16.5. The molecular weight excluding hydrogens is 224 g/mol. The summed E-state index contributed by atoms with van der Waals surface area (Å²) in [5.74, 6) is 0. The standard InChI is InChI=1S/C15H20N2O/c1-4-18-11(2)15(16-3)14-10-17-9-12-7-5-6-8-13(12)14/h5-11,15-16H,4H2,1-3H3. The summed E-state index contributed by atoms with van der Waals surface area (Å²) < 4.78 is 5.71. The fourth-order valence-corrected chi connectivity index (χ4v) is 2.39. The van der Waals surface area contributed by atoms with Crippen molar-refractivity contribution in [2.75, 3.05) is 13.7 Å². The number of fused-ring (bicyclic) bond motifs is 1. The second-order valence-electron chi connectivity index (χ2n) is 4.38. The number of nitrogens with one attached hydrogen (secondary N) is 1. The van der Waals surface area contributed by atoms with Gasteiger partial charge in [-0.15, -0.1) is 0 Å². The summed E-state index contributed by atoms with van der Waals surface area (Å²) in [5.41, 5.74) is 1.19. The van der Waals surface area contributed by atoms with E-state index in [-0.39, 0.29) is 12.1 Å². The first-order valence-electron chi connectivity index (χ1n) is 6.39. The van der Waals surface area contributed by atoms with Crippen LogP contribution in [0.3, 0.4) is 0 Å². The highest BCUT2D eigenvalue weighted by Crippen LogP contribution is 2.26. The number of hydrogen-bond acceptors (Lipinski definition) is 3. The van der Waals surface area contributed by atoms with Crippen molar-refractivity contribution in [3.63, 3.8) is 0 Å². The number of hydrogen-bond donors (Lipinski definition) is 1. The molecule has 96 valence electrons. The van der Waals surface area contributed by atoms with Gasteiger partial charge in [0, 0.05) is 24.4 Å². The van der Waals surface area contributed by atoms with Crippen LogP contribution in [-0.4, -0.2) is 24.7 Å². The van der Waals surface area contributed by atoms with Crippen LogP contribution in [0.15, 0.2) is 36.7 Å². The smallest absolute Gasteiger partial charge is 0.0742 e. The number of aromatic nitrogens is 1. The van der Waals surface area contributed by atoms with E-state index in [0.717, 1.165) is 6.61 Å². The lowest BCUT2D eigenvalue weighted by molar-refractivity contribution is 0.0496. The number of nitrogens with zero attached hydrogens (tertiary/aromatic N) is 1. The molecule has 1 N–H and O–H groups in total. The molecule has 2 atom stereocenters. The van der Waals surface area contributed by atoms with Crippen LogP contribution in [0.1, 0.15) is 25.5 Å². The number of pyridine rings is 1. The molecule has 0 saturated heterocycles. The van der Waals surface area contributed by atoms with Crippen LogP contribution in [0.2, 0.25) is 0 Å². The SMILES string of the molecule is CCOC(C)C(NC)c1cncc2ccccc12. The highest BCUT2D eigenvalue weighted by Gasteiger charge is 2.19. The largest absolute Gasteiger partial charge is 0.377 e. The highest BCUT2D eigenvalue weighted by molar-refractivity contribution is 5.85. The molecule has 2 unspecified atom stereocenters. The van der Waals surface area contributed by atoms with Crippen molar-refractivity contribution in [2.45, 2.75) is 26.0 Å². The van der Waals surface area contributed by atoms with Gasteiger partial charge in [0.25, 0.3) is 0 Å². The van der Waals surface area contributed by atoms with Gasteiger partial charge < -0.3 is 10.1 Å². The Bertz CT molecular complexity index is 507. The zero-order valence-electron chi connectivity index (χ0n) is 11.2. The number of likely N-dealkylation sites (N-methyl/N-ethyl adjacent to an activating group) is 1. The van der Waals surface area contributed by atoms with Gasteiger partial charge in [-0.2, -0.15) is 0 Å². The molecule has 1 heterocycles. The van der Waals surface area contributed by atoms with Gasteiger partial charge in [-0.25, -0.2) is 0 Å². The Labute approximate surface area is 108 Å². The third kappa shape index (κ3) is 2.52. The summed E-state index contributed by atoms with van der Waals surface area (Å²) in [4.78, 5) is 4.33. The molecule has 0 bridgehead atoms. The molecule has 0 spiro atoms. The van der Waals surface area contributed by atoms with Crippen LogP contribution < -0.4 is 5.32 Å². The molecule has 0 aliphatic carbocycles. The molecule has 0 amide bonds. The second kappa shape index (κ2) is 5.94. The van der Waals surface area contributed by atoms with E-state index in [4.69, 9.17) is 4.74 Å². The van der Waals surface area contributed by atoms with E-state index in [0.29, 0.717) is 0 Å². The molecule has 0 fully saturated rings. The first kappa shape index (κ1) is 13.0. The summed E-state index contributed by atoms with van der Waals surface area (Å²) in [7, 11) is 1.96. The normalized spacial score (nSPS) is 14.6. The summed E-state index contributed by atoms with van der Waals surface area (Å²) in [6.45, 7) is 4.83. The third-order valence-corrected chi connectivity index (χ3v) is 3.24. The van der Waals surface area contributed by atoms with E-state index < -0.39 is 0 Å². The van der Waals surface area contributed by atoms with Crippen molar-refractivity contribution >= 4 is 10.8 Å². The average Bonchev–Trinajstić information content (AvgIpc) is 2.40. The molecule has 2 aromatic rings. The van der Waals surface area contributed by atoms with E-state index in [1.54, 1.807) is 0 Å². The zero-order valence-corrected chi connectivity index (χ0v) is 11.2. The Hall–Kier alpha value is -1.45. The van der Waals surface area contributed by atoms with Gasteiger partial charge in [0.2, 0.25) is 0 Å². The molecule has 0 radical (unpaired) electrons. The van der Waals surface area contributed by atoms with Crippen LogP contribution >= 0.6 is 0 Å². The van der Waals surface area contributed by atoms with Crippen LogP contribution in [0.4, 0.5) is 0 Å². The van der Waals surface area contributed by atoms with Gasteiger partial charge in [0.15, 0.2) is 0 Å². The minimum absolute atomic E-state index is 0.118. The molecule has 1 aromatic carbocycles. The van der Waals surface area contributed by atoms with Gasteiger partial charge in [-0.3, -0.25) is 4.98 Å². The summed E-state index contributed by atoms with van der Waals surface area (Å²) in [6.07, 6.45) is 3.95. The number of benzene rings is 1. The van der Waals surface area contributed by atoms with Gasteiger partial charge in [0.05, 0.1) is 12.1 Å². The summed E-state index contributed by atoms with van der Waals surface area (Å²) in [5, 5.41) is 5.73. The maximum Gasteiger partial charge on any atom is 0.0742 e. The van der Waals surface area contributed by atoms with Gasteiger partial charge in [0.1, 0.15) is 0 Å². The maximum absolute atomic E-state index is 5.71. The first-order chi connectivity index (χ1) is 8.77. The zero-order chi connectivity index (χ0) is 13.0. The predicted molar refractivity (Wildman–Crippen MR) is 74.6 cm³/mol. The Morgan fingerprint density at radius 3 is 2.78 bits per heavy atom. The lowest BCUT2D eigenvalue weighted by atomic mass is 9.98. The fraction of sp³-hybridized carbons (Fsp3) is 0.400. The molecule has 2 rings (SSSR count). The number of ether oxygens (including phenoxy) is 1. The van der Waals surface area contributed by atoms with Crippen LogP contribution in [0.25, 0.3) is 10.8 Å². The molecule has 0 aliphatic rings. The molecule has 0 saturated carbocycles. The maximum atomic E-state index is 5.71. The summed E-state index contributed by atoms with van der Waals surface area (Å²) >= 11 is 0. The van der Waals surface area contributed by atoms with E-state index in [2.05, 4.69) is 35.4 Å². The molecule has 18 heavy (non-hydrogen) atoms. The van der Waals surface area contributed by atoms with Crippen molar-refractivity contribution in [1.29, 1.82) is 0 Å². The molecule has 0 aliphatic heterocycles. The van der Waals surface area contributed by atoms with Crippen LogP contribution in [-0.2, 0) is 4.74 Å². The lowest BCUT2D eigenvalue weighted by Gasteiger charge is -2.24. The Morgan fingerprint density at radius 1 is 1.28 bits per heavy atom. The minimum Gasteiger partial charge on any atom is -0.377 e. The number of rotatable bonds is 5. The molecular formula is C15H20N2O. The van der Waals surface area contributed by atoms with Crippen molar-refractivity contribution < 1.29 is 4.74 Å². The van der Waals surface area contributed by atoms with E-state index in [1.807, 2.05) is 32.4 Å². The average molecular weight is 244 g/mol. The molecule has 3 nitrogen and oxygen atoms in total. The van der Waals surface area contributed by atoms with Crippen molar-refractivity contribution in [2.24, 2.45) is 0 Å². The third-order valence-electron chi connectivity index (χ3n) is 3.24. The van der Waals surface area contributed by atoms with E-state index >= 15 is 0 Å². The van der Waals surface area contributed by atoms with Crippen molar-refractivity contribution in [1.82, 2.24) is 10.3 Å². The monoisotopic (exact) mass is 244 g/mol. The van der Waals surface area contributed by atoms with Crippen molar-refractivity contribution in [3.05, 3.63) is 42.2 Å². The lowest BCUT2D eigenvalue weighted by Crippen LogP contribution is -2.29. The van der Waals surface area contributed by atoms with Gasteiger partial charge in [-0.1, -0.05) is 24.3 Å². The molecule has 3 heteroatoms. The predicted octanol–water partition coefficient (Wildman–Crippen LogP) is 2.92. The Kier molecular flexibility index (Phi) is 4.28. The molecule has 1 aromatic heterocycles. The van der Waals surface area contributed by atoms with E-state index in [1.165, 1.54) is 16.3 Å². The van der Waals surface area contributed by atoms with Gasteiger partial charge >= 0.3 is 0 Å². The Balaban J connectivity index is 2.44. The second-order valence-corrected chi connectivity index (χ2v) is 4.38. The van der Waals surface area contributed by atoms with Crippen molar-refractivity contribution in [3.8, 4) is 0 Å². The first-order valence-corrected chi connectivity index (χ1v) is 6.39. The summed E-state index contributed by atoms with van der Waals surface area (Å²) in [6, 6.07) is 8.47. The van der Waals surface area contributed by atoms with Crippen LogP contribution in [0.5, 0.6) is 0 Å². The van der Waals surface area contributed by atoms with Crippen LogP contribution in [0, 0.1) is 0 Å². The topological polar surface area (TPSA) is 34.1 Å². The van der Waals surface area contributed by atoms with Gasteiger partial charge in [-0.05, 0) is 31.8 Å². The van der Waals surface area contributed by atoms with E-state index in [9.17, 15) is 0 Å².